The molecule has 6 aromatic carbocycles. The van der Waals surface area contributed by atoms with Crippen LogP contribution in [0.25, 0.3) is 55.5 Å². The first kappa shape index (κ1) is 44.1. The molecule has 5 heteroatoms. The van der Waals surface area contributed by atoms with Gasteiger partial charge in [0.05, 0.1) is 33.2 Å². The Morgan fingerprint density at radius 3 is 1.68 bits per heavy atom. The van der Waals surface area contributed by atoms with E-state index >= 15 is 0 Å². The molecule has 0 saturated carbocycles. The topological polar surface area (TPSA) is 44.9 Å². The number of aromatic nitrogens is 4. The summed E-state index contributed by atoms with van der Waals surface area (Å²) in [6, 6.07) is 43.3. The van der Waals surface area contributed by atoms with Gasteiger partial charge in [0.15, 0.2) is 0 Å². The van der Waals surface area contributed by atoms with Crippen molar-refractivity contribution in [2.45, 2.75) is 136 Å². The molecule has 9 aromatic rings. The van der Waals surface area contributed by atoms with E-state index in [1.54, 1.807) is 0 Å². The van der Waals surface area contributed by atoms with Crippen molar-refractivity contribution in [3.63, 3.8) is 0 Å². The molecule has 4 heterocycles. The van der Waals surface area contributed by atoms with Crippen molar-refractivity contribution < 1.29 is 4.74 Å². The van der Waals surface area contributed by atoms with Gasteiger partial charge in [0, 0.05) is 29.1 Å². The minimum absolute atomic E-state index is 0.0207. The highest BCUT2D eigenvalue weighted by molar-refractivity contribution is 6.09. The molecule has 0 radical (unpaired) electrons. The molecular formula is C63H66N4O. The zero-order chi connectivity index (χ0) is 48.2. The summed E-state index contributed by atoms with van der Waals surface area (Å²) in [4.78, 5) is 10.1. The van der Waals surface area contributed by atoms with Gasteiger partial charge in [0.25, 0.3) is 0 Å². The molecule has 0 saturated heterocycles. The Hall–Kier alpha value is -6.46. The molecule has 0 N–H and O–H groups in total. The predicted octanol–water partition coefficient (Wildman–Crippen LogP) is 16.5. The summed E-state index contributed by atoms with van der Waals surface area (Å²) in [7, 11) is 0. The number of rotatable bonds is 3. The smallest absolute Gasteiger partial charge is 0.137 e. The van der Waals surface area contributed by atoms with Gasteiger partial charge >= 0.3 is 0 Å². The molecule has 344 valence electrons. The van der Waals surface area contributed by atoms with Gasteiger partial charge in [-0.1, -0.05) is 165 Å². The summed E-state index contributed by atoms with van der Waals surface area (Å²) >= 11 is 0. The van der Waals surface area contributed by atoms with Crippen LogP contribution in [0, 0.1) is 0 Å². The Labute approximate surface area is 403 Å². The Bertz CT molecular complexity index is 3480. The van der Waals surface area contributed by atoms with Crippen LogP contribution in [0.5, 0.6) is 11.5 Å². The number of pyridine rings is 1. The van der Waals surface area contributed by atoms with Gasteiger partial charge in [-0.15, -0.1) is 0 Å². The van der Waals surface area contributed by atoms with Crippen LogP contribution in [0.2, 0.25) is 0 Å². The van der Waals surface area contributed by atoms with Crippen molar-refractivity contribution in [2.75, 3.05) is 0 Å². The summed E-state index contributed by atoms with van der Waals surface area (Å²) in [5.74, 6) is 2.43. The van der Waals surface area contributed by atoms with Crippen molar-refractivity contribution in [3.05, 3.63) is 178 Å². The Morgan fingerprint density at radius 1 is 0.471 bits per heavy atom. The number of ether oxygens (including phenoxy) is 1. The van der Waals surface area contributed by atoms with E-state index in [1.807, 2.05) is 12.5 Å². The first-order chi connectivity index (χ1) is 31.9. The highest BCUT2D eigenvalue weighted by Gasteiger charge is 2.55. The third kappa shape index (κ3) is 6.47. The van der Waals surface area contributed by atoms with Gasteiger partial charge in [-0.2, -0.15) is 0 Å². The number of benzene rings is 6. The van der Waals surface area contributed by atoms with E-state index in [2.05, 4.69) is 228 Å². The van der Waals surface area contributed by atoms with Crippen molar-refractivity contribution in [3.8, 4) is 34.1 Å². The minimum atomic E-state index is -0.652. The van der Waals surface area contributed by atoms with Crippen LogP contribution in [-0.4, -0.2) is 19.1 Å². The molecule has 1 spiro atoms. The molecule has 1 aliphatic heterocycles. The second-order valence-corrected chi connectivity index (χ2v) is 24.9. The van der Waals surface area contributed by atoms with E-state index in [0.717, 1.165) is 50.5 Å². The van der Waals surface area contributed by atoms with Crippen LogP contribution in [0.3, 0.4) is 0 Å². The summed E-state index contributed by atoms with van der Waals surface area (Å²) in [6.45, 7) is 35.3. The van der Waals surface area contributed by atoms with Gasteiger partial charge < -0.3 is 4.74 Å². The fourth-order valence-corrected chi connectivity index (χ4v) is 11.4. The Balaban J connectivity index is 1.19. The fraction of sp³-hybridized carbons (Fsp3) is 0.333. The third-order valence-electron chi connectivity index (χ3n) is 15.0. The predicted molar refractivity (Wildman–Crippen MR) is 284 cm³/mol. The molecular weight excluding hydrogens is 829 g/mol. The monoisotopic (exact) mass is 895 g/mol. The molecule has 0 amide bonds. The molecule has 1 aliphatic carbocycles. The second-order valence-electron chi connectivity index (χ2n) is 24.9. The molecule has 2 aliphatic rings. The lowest BCUT2D eigenvalue weighted by atomic mass is 9.60. The molecule has 11 rings (SSSR count). The molecule has 5 nitrogen and oxygen atoms in total. The molecule has 0 atom stereocenters. The number of imidazole rings is 1. The van der Waals surface area contributed by atoms with Crippen LogP contribution in [0.1, 0.15) is 154 Å². The van der Waals surface area contributed by atoms with Gasteiger partial charge in [0.1, 0.15) is 23.6 Å². The van der Waals surface area contributed by atoms with Crippen molar-refractivity contribution in [1.82, 2.24) is 19.1 Å². The maximum absolute atomic E-state index is 7.06. The number of para-hydroxylation sites is 2. The van der Waals surface area contributed by atoms with Crippen LogP contribution in [0.15, 0.2) is 128 Å². The lowest BCUT2D eigenvalue weighted by Gasteiger charge is -2.44. The quantitative estimate of drug-likeness (QED) is 0.177. The Morgan fingerprint density at radius 2 is 1.06 bits per heavy atom. The number of hydrogen-bond donors (Lipinski definition) is 0. The highest BCUT2D eigenvalue weighted by atomic mass is 16.5. The maximum atomic E-state index is 7.06. The number of fused-ring (bicyclic) bond motifs is 12. The standard InChI is InChI=1S/C63H66N4O/c1-58(2,3)37-27-28-64-54(33-37)67-51-22-17-16-19-42(51)43-25-23-40(34-52(43)67)68-41-24-26-46-53(35-41)66-36-65-50-21-18-20-47(57(50)66)63(46)55-44(29-38(59(4,5)6)31-48(55)61(10,11)12)45-30-39(60(7,8)9)32-49(56(45)63)62(13,14)15/h16-36H,1-15H3. The first-order valence-electron chi connectivity index (χ1n) is 24.6. The fourth-order valence-electron chi connectivity index (χ4n) is 11.4. The molecule has 68 heavy (non-hydrogen) atoms. The lowest BCUT2D eigenvalue weighted by Crippen LogP contribution is -2.38. The minimum Gasteiger partial charge on any atom is -0.457 e. The Kier molecular flexibility index (Phi) is 9.26. The van der Waals surface area contributed by atoms with E-state index in [4.69, 9.17) is 14.7 Å². The summed E-state index contributed by atoms with van der Waals surface area (Å²) in [5, 5.41) is 2.34. The number of hydrogen-bond acceptors (Lipinski definition) is 3. The van der Waals surface area contributed by atoms with Gasteiger partial charge in [-0.05, 0) is 131 Å². The zero-order valence-corrected chi connectivity index (χ0v) is 42.8. The van der Waals surface area contributed by atoms with E-state index < -0.39 is 5.41 Å². The first-order valence-corrected chi connectivity index (χ1v) is 24.6. The van der Waals surface area contributed by atoms with E-state index in [1.165, 1.54) is 66.6 Å². The van der Waals surface area contributed by atoms with E-state index in [-0.39, 0.29) is 27.1 Å². The second kappa shape index (κ2) is 14.3. The average molecular weight is 895 g/mol. The summed E-state index contributed by atoms with van der Waals surface area (Å²) in [5.41, 5.74) is 19.0. The largest absolute Gasteiger partial charge is 0.457 e. The third-order valence-corrected chi connectivity index (χ3v) is 15.0. The van der Waals surface area contributed by atoms with Crippen molar-refractivity contribution in [2.24, 2.45) is 0 Å². The van der Waals surface area contributed by atoms with Crippen LogP contribution >= 0.6 is 0 Å². The molecule has 0 fully saturated rings. The number of nitrogens with zero attached hydrogens (tertiary/aromatic N) is 4. The summed E-state index contributed by atoms with van der Waals surface area (Å²) < 4.78 is 11.7. The highest BCUT2D eigenvalue weighted by Crippen LogP contribution is 2.65. The van der Waals surface area contributed by atoms with E-state index in [0.29, 0.717) is 0 Å². The zero-order valence-electron chi connectivity index (χ0n) is 42.8. The lowest BCUT2D eigenvalue weighted by molar-refractivity contribution is 0.482. The van der Waals surface area contributed by atoms with Gasteiger partial charge in [-0.3, -0.25) is 9.13 Å². The average Bonchev–Trinajstić information content (AvgIpc) is 3.93. The van der Waals surface area contributed by atoms with Gasteiger partial charge in [-0.25, -0.2) is 9.97 Å². The normalized spacial score (nSPS) is 14.5. The van der Waals surface area contributed by atoms with Crippen LogP contribution in [-0.2, 0) is 32.5 Å². The SMILES string of the molecule is CC(C)(C)c1ccnc(-n2c3ccccc3c3ccc(Oc4ccc5c(c4)-n4cnc6cccc(c64)C54c5c(cc(C(C)(C)C)cc5C(C)(C)C)-c5cc(C(C)(C)C)cc(C(C)(C)C)c54)cc32)c1. The van der Waals surface area contributed by atoms with E-state index in [9.17, 15) is 0 Å². The molecule has 0 bridgehead atoms. The van der Waals surface area contributed by atoms with Crippen molar-refractivity contribution in [1.29, 1.82) is 0 Å². The summed E-state index contributed by atoms with van der Waals surface area (Å²) in [6.07, 6.45) is 3.95. The maximum Gasteiger partial charge on any atom is 0.137 e. The van der Waals surface area contributed by atoms with Crippen molar-refractivity contribution >= 4 is 32.8 Å². The van der Waals surface area contributed by atoms with Gasteiger partial charge in [0.2, 0.25) is 0 Å². The van der Waals surface area contributed by atoms with Crippen LogP contribution < -0.4 is 4.74 Å². The van der Waals surface area contributed by atoms with Crippen LogP contribution in [0.4, 0.5) is 0 Å². The molecule has 3 aromatic heterocycles. The molecule has 0 unspecified atom stereocenters.